The van der Waals surface area contributed by atoms with Crippen LogP contribution in [-0.2, 0) is 5.41 Å². The molecule has 2 nitrogen and oxygen atoms in total. The van der Waals surface area contributed by atoms with E-state index in [2.05, 4.69) is 250 Å². The van der Waals surface area contributed by atoms with Gasteiger partial charge in [0, 0.05) is 48.2 Å². The Balaban J connectivity index is 1.24. The van der Waals surface area contributed by atoms with Gasteiger partial charge >= 0.3 is 0 Å². The quantitative estimate of drug-likeness (QED) is 0.0624. The third-order valence-electron chi connectivity index (χ3n) is 14.4. The molecule has 0 unspecified atom stereocenters. The molecular weight excluding hydrogens is 969 g/mol. The topological polar surface area (TPSA) is 6.48 Å². The Morgan fingerprint density at radius 2 is 0.681 bits per heavy atom. The van der Waals surface area contributed by atoms with Crippen molar-refractivity contribution in [2.75, 3.05) is 9.80 Å². The summed E-state index contributed by atoms with van der Waals surface area (Å²) < 4.78 is 2.14. The molecule has 9 rings (SSSR count). The van der Waals surface area contributed by atoms with Gasteiger partial charge in [-0.3, -0.25) is 0 Å². The van der Waals surface area contributed by atoms with Crippen molar-refractivity contribution < 1.29 is 0 Å². The van der Waals surface area contributed by atoms with Crippen molar-refractivity contribution in [1.82, 2.24) is 0 Å². The van der Waals surface area contributed by atoms with Gasteiger partial charge in [-0.25, -0.2) is 0 Å². The van der Waals surface area contributed by atoms with Gasteiger partial charge in [0.15, 0.2) is 0 Å². The Morgan fingerprint density at radius 3 is 1.09 bits per heavy atom. The fourth-order valence-electron chi connectivity index (χ4n) is 10.9. The average Bonchev–Trinajstić information content (AvgIpc) is 3.66. The molecule has 350 valence electrons. The van der Waals surface area contributed by atoms with Crippen molar-refractivity contribution in [3.05, 3.63) is 214 Å². The number of fused-ring (bicyclic) bond motifs is 3. The molecule has 1 aliphatic rings. The first-order valence-electron chi connectivity index (χ1n) is 25.7. The zero-order valence-electron chi connectivity index (χ0n) is 40.5. The number of hydrogen-bond donors (Lipinski definition) is 0. The Labute approximate surface area is 429 Å². The molecule has 0 radical (unpaired) electrons. The fourth-order valence-corrected chi connectivity index (χ4v) is 11.5. The first-order chi connectivity index (χ1) is 34.0. The fraction of sp³-hybridized carbons (Fsp3) is 0.262. The number of halogens is 2. The molecule has 0 saturated heterocycles. The molecule has 0 amide bonds. The Morgan fingerprint density at radius 1 is 0.333 bits per heavy atom. The number of benzene rings is 8. The second-order valence-electron chi connectivity index (χ2n) is 19.0. The molecule has 0 aliphatic heterocycles. The predicted octanol–water partition coefficient (Wildman–Crippen LogP) is 21.3. The van der Waals surface area contributed by atoms with Crippen molar-refractivity contribution in [2.24, 2.45) is 0 Å². The number of rotatable bonds is 22. The zero-order valence-corrected chi connectivity index (χ0v) is 43.7. The number of anilines is 6. The smallest absolute Gasteiger partial charge is 0.0540 e. The van der Waals surface area contributed by atoms with Crippen LogP contribution in [0.15, 0.2) is 203 Å². The monoisotopic (exact) mass is 1030 g/mol. The van der Waals surface area contributed by atoms with Crippen LogP contribution in [0.2, 0.25) is 0 Å². The summed E-state index contributed by atoms with van der Waals surface area (Å²) >= 11 is 7.52. The van der Waals surface area contributed by atoms with Gasteiger partial charge in [-0.1, -0.05) is 232 Å². The minimum atomic E-state index is -0.166. The lowest BCUT2D eigenvalue weighted by molar-refractivity contribution is 0.398. The van der Waals surface area contributed by atoms with E-state index in [0.29, 0.717) is 0 Å². The Kier molecular flexibility index (Phi) is 16.3. The molecule has 0 heterocycles. The van der Waals surface area contributed by atoms with Crippen molar-refractivity contribution in [1.29, 1.82) is 0 Å². The van der Waals surface area contributed by atoms with Crippen LogP contribution < -0.4 is 9.80 Å². The largest absolute Gasteiger partial charge is 0.310 e. The number of para-hydroxylation sites is 2. The van der Waals surface area contributed by atoms with E-state index >= 15 is 0 Å². The minimum absolute atomic E-state index is 0.166. The van der Waals surface area contributed by atoms with Crippen molar-refractivity contribution in [3.8, 4) is 33.4 Å². The lowest BCUT2D eigenvalue weighted by atomic mass is 9.70. The van der Waals surface area contributed by atoms with E-state index in [1.165, 1.54) is 144 Å². The summed E-state index contributed by atoms with van der Waals surface area (Å²) in [7, 11) is 0. The molecule has 8 aromatic rings. The molecule has 4 heteroatoms. The molecule has 0 fully saturated rings. The summed E-state index contributed by atoms with van der Waals surface area (Å²) in [4.78, 5) is 5.00. The van der Waals surface area contributed by atoms with Gasteiger partial charge in [0.1, 0.15) is 0 Å². The van der Waals surface area contributed by atoms with Crippen LogP contribution in [0.4, 0.5) is 34.1 Å². The average molecular weight is 1040 g/mol. The SMILES string of the molecule is CCCCCCCCC1(CCCCCCCC)c2cc(N(c3ccc(Br)cc3)c3ccccc3-c3ccccc3)ccc2-c2ccc(N(c3ccc(Br)cc3)c3ccccc3-c3ccccc3)cc21. The molecule has 69 heavy (non-hydrogen) atoms. The van der Waals surface area contributed by atoms with E-state index in [1.54, 1.807) is 0 Å². The normalized spacial score (nSPS) is 12.4. The second-order valence-corrected chi connectivity index (χ2v) is 20.8. The highest BCUT2D eigenvalue weighted by Gasteiger charge is 2.43. The highest BCUT2D eigenvalue weighted by atomic mass is 79.9. The lowest BCUT2D eigenvalue weighted by Gasteiger charge is -2.35. The van der Waals surface area contributed by atoms with Gasteiger partial charge in [0.25, 0.3) is 0 Å². The molecule has 0 saturated carbocycles. The van der Waals surface area contributed by atoms with Crippen LogP contribution in [0.25, 0.3) is 33.4 Å². The highest BCUT2D eigenvalue weighted by molar-refractivity contribution is 9.10. The zero-order chi connectivity index (χ0) is 47.4. The third kappa shape index (κ3) is 10.9. The molecule has 0 spiro atoms. The molecular formula is C65H66Br2N2. The van der Waals surface area contributed by atoms with Gasteiger partial charge in [-0.15, -0.1) is 0 Å². The third-order valence-corrected chi connectivity index (χ3v) is 15.4. The van der Waals surface area contributed by atoms with Crippen LogP contribution in [0.5, 0.6) is 0 Å². The summed E-state index contributed by atoms with van der Waals surface area (Å²) in [5.74, 6) is 0. The first kappa shape index (κ1) is 48.3. The number of nitrogens with zero attached hydrogens (tertiary/aromatic N) is 2. The van der Waals surface area contributed by atoms with Crippen LogP contribution in [0, 0.1) is 0 Å². The van der Waals surface area contributed by atoms with Crippen LogP contribution in [0.1, 0.15) is 115 Å². The maximum absolute atomic E-state index is 3.76. The minimum Gasteiger partial charge on any atom is -0.310 e. The van der Waals surface area contributed by atoms with E-state index < -0.39 is 0 Å². The van der Waals surface area contributed by atoms with Crippen molar-refractivity contribution in [2.45, 2.75) is 109 Å². The second kappa shape index (κ2) is 23.3. The summed E-state index contributed by atoms with van der Waals surface area (Å²) in [6.45, 7) is 4.64. The van der Waals surface area contributed by atoms with Crippen LogP contribution in [0.3, 0.4) is 0 Å². The van der Waals surface area contributed by atoms with E-state index in [0.717, 1.165) is 33.2 Å². The lowest BCUT2D eigenvalue weighted by Crippen LogP contribution is -2.26. The summed E-state index contributed by atoms with van der Waals surface area (Å²) in [6.07, 6.45) is 17.5. The highest BCUT2D eigenvalue weighted by Crippen LogP contribution is 2.57. The van der Waals surface area contributed by atoms with Crippen LogP contribution in [-0.4, -0.2) is 0 Å². The molecule has 0 aromatic heterocycles. The van der Waals surface area contributed by atoms with Gasteiger partial charge < -0.3 is 9.80 Å². The Bertz CT molecular complexity index is 2690. The summed E-state index contributed by atoms with van der Waals surface area (Å²) in [5, 5.41) is 0. The van der Waals surface area contributed by atoms with Crippen LogP contribution >= 0.6 is 31.9 Å². The molecule has 8 aromatic carbocycles. The molecule has 0 atom stereocenters. The van der Waals surface area contributed by atoms with Gasteiger partial charge in [0.2, 0.25) is 0 Å². The van der Waals surface area contributed by atoms with Crippen molar-refractivity contribution in [3.63, 3.8) is 0 Å². The van der Waals surface area contributed by atoms with Crippen molar-refractivity contribution >= 4 is 66.0 Å². The first-order valence-corrected chi connectivity index (χ1v) is 27.3. The van der Waals surface area contributed by atoms with E-state index in [9.17, 15) is 0 Å². The van der Waals surface area contributed by atoms with Gasteiger partial charge in [0.05, 0.1) is 11.4 Å². The molecule has 1 aliphatic carbocycles. The van der Waals surface area contributed by atoms with E-state index in [-0.39, 0.29) is 5.41 Å². The van der Waals surface area contributed by atoms with E-state index in [4.69, 9.17) is 0 Å². The standard InChI is InChI=1S/C65H66Br2N2/c1-3-5-7-9-11-23-45-65(46-24-12-10-8-6-4-2)61-47-55(68(53-37-33-51(66)34-38-53)63-31-21-19-29-57(63)49-25-15-13-16-26-49)41-43-59(61)60-44-42-56(48-62(60)65)69(54-39-35-52(67)36-40-54)64-32-22-20-30-58(64)50-27-17-14-18-28-50/h13-22,25-44,47-48H,3-12,23-24,45-46H2,1-2H3. The summed E-state index contributed by atoms with van der Waals surface area (Å²) in [6, 6.07) is 72.2. The molecule has 0 N–H and O–H groups in total. The summed E-state index contributed by atoms with van der Waals surface area (Å²) in [5.41, 5.74) is 17.4. The molecule has 0 bridgehead atoms. The predicted molar refractivity (Wildman–Crippen MR) is 304 cm³/mol. The van der Waals surface area contributed by atoms with E-state index in [1.807, 2.05) is 0 Å². The Hall–Kier alpha value is -5.68. The number of hydrogen-bond acceptors (Lipinski definition) is 2. The van der Waals surface area contributed by atoms with Gasteiger partial charge in [-0.05, 0) is 131 Å². The maximum atomic E-state index is 3.76. The maximum Gasteiger partial charge on any atom is 0.0540 e. The number of unbranched alkanes of at least 4 members (excludes halogenated alkanes) is 10. The van der Waals surface area contributed by atoms with Gasteiger partial charge in [-0.2, -0.15) is 0 Å².